The molecule has 0 saturated heterocycles. The summed E-state index contributed by atoms with van der Waals surface area (Å²) < 4.78 is 23.9. The van der Waals surface area contributed by atoms with Gasteiger partial charge in [-0.25, -0.2) is 14.2 Å². The number of ether oxygens (including phenoxy) is 1. The summed E-state index contributed by atoms with van der Waals surface area (Å²) in [5.41, 5.74) is 1.64. The molecular formula is C20H12FNO3. The van der Waals surface area contributed by atoms with E-state index >= 15 is 0 Å². The summed E-state index contributed by atoms with van der Waals surface area (Å²) in [6, 6.07) is 18.6. The fraction of sp³-hybridized carbons (Fsp3) is 0. The zero-order chi connectivity index (χ0) is 17.2. The zero-order valence-corrected chi connectivity index (χ0v) is 13.0. The molecule has 0 unspecified atom stereocenters. The van der Waals surface area contributed by atoms with E-state index in [1.54, 1.807) is 24.3 Å². The van der Waals surface area contributed by atoms with Gasteiger partial charge >= 0.3 is 5.97 Å². The van der Waals surface area contributed by atoms with Crippen LogP contribution in [0.5, 0.6) is 0 Å². The second-order valence-electron chi connectivity index (χ2n) is 5.41. The molecule has 4 nitrogen and oxygen atoms in total. The van der Waals surface area contributed by atoms with Crippen molar-refractivity contribution >= 4 is 17.9 Å². The van der Waals surface area contributed by atoms with Crippen molar-refractivity contribution in [3.63, 3.8) is 0 Å². The average molecular weight is 333 g/mol. The van der Waals surface area contributed by atoms with E-state index in [2.05, 4.69) is 4.99 Å². The Bertz CT molecular complexity index is 985. The van der Waals surface area contributed by atoms with Gasteiger partial charge in [-0.2, -0.15) is 0 Å². The molecule has 0 spiro atoms. The highest BCUT2D eigenvalue weighted by Gasteiger charge is 2.24. The Kier molecular flexibility index (Phi) is 3.74. The first-order valence-electron chi connectivity index (χ1n) is 7.63. The van der Waals surface area contributed by atoms with E-state index in [0.29, 0.717) is 11.5 Å². The maximum absolute atomic E-state index is 13.0. The minimum Gasteiger partial charge on any atom is -0.457 e. The number of cyclic esters (lactones) is 1. The van der Waals surface area contributed by atoms with Crippen LogP contribution in [0.15, 0.2) is 81.8 Å². The Morgan fingerprint density at radius 1 is 0.880 bits per heavy atom. The van der Waals surface area contributed by atoms with Crippen LogP contribution in [0.3, 0.4) is 0 Å². The number of rotatable bonds is 3. The van der Waals surface area contributed by atoms with Crippen LogP contribution in [0.1, 0.15) is 11.3 Å². The predicted octanol–water partition coefficient (Wildman–Crippen LogP) is 4.43. The van der Waals surface area contributed by atoms with Crippen LogP contribution in [0.4, 0.5) is 4.39 Å². The van der Waals surface area contributed by atoms with E-state index in [-0.39, 0.29) is 17.4 Å². The molecule has 1 aromatic heterocycles. The summed E-state index contributed by atoms with van der Waals surface area (Å²) >= 11 is 0. The third-order valence-corrected chi connectivity index (χ3v) is 3.68. The number of furan rings is 1. The van der Waals surface area contributed by atoms with Gasteiger partial charge < -0.3 is 9.15 Å². The van der Waals surface area contributed by atoms with Gasteiger partial charge in [0.05, 0.1) is 0 Å². The van der Waals surface area contributed by atoms with Crippen LogP contribution in [0.25, 0.3) is 17.4 Å². The van der Waals surface area contributed by atoms with Crippen LogP contribution in [-0.2, 0) is 9.53 Å². The lowest BCUT2D eigenvalue weighted by molar-refractivity contribution is -0.129. The fourth-order valence-electron chi connectivity index (χ4n) is 2.45. The molecule has 5 heteroatoms. The van der Waals surface area contributed by atoms with Crippen molar-refractivity contribution in [1.29, 1.82) is 0 Å². The Labute approximate surface area is 142 Å². The molecule has 1 aliphatic rings. The second-order valence-corrected chi connectivity index (χ2v) is 5.41. The molecule has 0 saturated carbocycles. The van der Waals surface area contributed by atoms with Crippen molar-refractivity contribution in [3.8, 4) is 11.3 Å². The Balaban J connectivity index is 1.62. The molecular weight excluding hydrogens is 321 g/mol. The van der Waals surface area contributed by atoms with Crippen LogP contribution in [-0.4, -0.2) is 11.9 Å². The molecule has 0 aliphatic carbocycles. The highest BCUT2D eigenvalue weighted by molar-refractivity contribution is 6.12. The van der Waals surface area contributed by atoms with Crippen molar-refractivity contribution in [1.82, 2.24) is 0 Å². The van der Waals surface area contributed by atoms with Crippen molar-refractivity contribution in [2.24, 2.45) is 4.99 Å². The molecule has 3 aromatic rings. The first-order valence-corrected chi connectivity index (χ1v) is 7.63. The molecule has 4 rings (SSSR count). The molecule has 0 bridgehead atoms. The first-order chi connectivity index (χ1) is 12.2. The number of aliphatic imine (C=N–C) groups is 1. The van der Waals surface area contributed by atoms with E-state index in [9.17, 15) is 9.18 Å². The van der Waals surface area contributed by atoms with E-state index in [1.807, 2.05) is 30.3 Å². The molecule has 0 N–H and O–H groups in total. The number of hydrogen-bond acceptors (Lipinski definition) is 4. The molecule has 122 valence electrons. The van der Waals surface area contributed by atoms with Crippen molar-refractivity contribution in [2.75, 3.05) is 0 Å². The highest BCUT2D eigenvalue weighted by Crippen LogP contribution is 2.25. The molecule has 25 heavy (non-hydrogen) atoms. The SMILES string of the molecule is O=C1OC(c2ccccc2)=N/C1=C\c1ccc(-c2ccc(F)cc2)o1. The topological polar surface area (TPSA) is 51.8 Å². The first kappa shape index (κ1) is 15.1. The summed E-state index contributed by atoms with van der Waals surface area (Å²) in [6.45, 7) is 0. The fourth-order valence-corrected chi connectivity index (χ4v) is 2.45. The van der Waals surface area contributed by atoms with Crippen molar-refractivity contribution in [2.45, 2.75) is 0 Å². The third kappa shape index (κ3) is 3.12. The van der Waals surface area contributed by atoms with Gasteiger partial charge in [0, 0.05) is 17.2 Å². The number of carbonyl (C=O) groups excluding carboxylic acids is 1. The summed E-state index contributed by atoms with van der Waals surface area (Å²) in [6.07, 6.45) is 1.52. The lowest BCUT2D eigenvalue weighted by Crippen LogP contribution is -2.04. The minimum atomic E-state index is -0.529. The number of nitrogens with zero attached hydrogens (tertiary/aromatic N) is 1. The van der Waals surface area contributed by atoms with E-state index < -0.39 is 5.97 Å². The van der Waals surface area contributed by atoms with Gasteiger partial charge in [-0.15, -0.1) is 0 Å². The van der Waals surface area contributed by atoms with Gasteiger partial charge in [0.2, 0.25) is 5.90 Å². The maximum atomic E-state index is 13.0. The summed E-state index contributed by atoms with van der Waals surface area (Å²) in [4.78, 5) is 16.2. The Morgan fingerprint density at radius 2 is 1.64 bits per heavy atom. The van der Waals surface area contributed by atoms with Gasteiger partial charge in [-0.1, -0.05) is 18.2 Å². The minimum absolute atomic E-state index is 0.166. The summed E-state index contributed by atoms with van der Waals surface area (Å²) in [5, 5.41) is 0. The normalized spacial score (nSPS) is 15.3. The number of hydrogen-bond donors (Lipinski definition) is 0. The van der Waals surface area contributed by atoms with Crippen molar-refractivity contribution in [3.05, 3.63) is 89.6 Å². The summed E-state index contributed by atoms with van der Waals surface area (Å²) in [7, 11) is 0. The molecule has 0 amide bonds. The van der Waals surface area contributed by atoms with E-state index in [0.717, 1.165) is 11.1 Å². The van der Waals surface area contributed by atoms with Crippen LogP contribution >= 0.6 is 0 Å². The monoisotopic (exact) mass is 333 g/mol. The van der Waals surface area contributed by atoms with Gasteiger partial charge in [-0.3, -0.25) is 0 Å². The Hall–Kier alpha value is -3.47. The lowest BCUT2D eigenvalue weighted by Gasteiger charge is -1.97. The lowest BCUT2D eigenvalue weighted by atomic mass is 10.2. The summed E-state index contributed by atoms with van der Waals surface area (Å²) in [5.74, 6) is 0.463. The number of esters is 1. The van der Waals surface area contributed by atoms with Crippen LogP contribution in [0, 0.1) is 5.82 Å². The number of benzene rings is 2. The van der Waals surface area contributed by atoms with Gasteiger partial charge in [0.15, 0.2) is 5.70 Å². The number of carbonyl (C=O) groups is 1. The quantitative estimate of drug-likeness (QED) is 0.526. The number of halogens is 1. The predicted molar refractivity (Wildman–Crippen MR) is 91.2 cm³/mol. The molecule has 2 aromatic carbocycles. The van der Waals surface area contributed by atoms with Crippen LogP contribution < -0.4 is 0 Å². The van der Waals surface area contributed by atoms with Gasteiger partial charge in [-0.05, 0) is 48.5 Å². The zero-order valence-electron chi connectivity index (χ0n) is 13.0. The van der Waals surface area contributed by atoms with E-state index in [4.69, 9.17) is 9.15 Å². The smallest absolute Gasteiger partial charge is 0.363 e. The maximum Gasteiger partial charge on any atom is 0.363 e. The van der Waals surface area contributed by atoms with Gasteiger partial charge in [0.1, 0.15) is 17.3 Å². The van der Waals surface area contributed by atoms with Crippen molar-refractivity contribution < 1.29 is 18.3 Å². The molecule has 0 atom stereocenters. The standard InChI is InChI=1S/C20H12FNO3/c21-15-8-6-13(7-9-15)18-11-10-16(24-18)12-17-20(23)25-19(22-17)14-4-2-1-3-5-14/h1-12H/b17-12-. The molecule has 1 aliphatic heterocycles. The third-order valence-electron chi connectivity index (χ3n) is 3.68. The average Bonchev–Trinajstić information content (AvgIpc) is 3.24. The largest absolute Gasteiger partial charge is 0.457 e. The molecule has 0 fully saturated rings. The molecule has 0 radical (unpaired) electrons. The van der Waals surface area contributed by atoms with Gasteiger partial charge in [0.25, 0.3) is 0 Å². The molecule has 2 heterocycles. The Morgan fingerprint density at radius 3 is 2.40 bits per heavy atom. The second kappa shape index (κ2) is 6.20. The van der Waals surface area contributed by atoms with Crippen LogP contribution in [0.2, 0.25) is 0 Å². The highest BCUT2D eigenvalue weighted by atomic mass is 19.1. The van der Waals surface area contributed by atoms with E-state index in [1.165, 1.54) is 18.2 Å².